The smallest absolute Gasteiger partial charge is 0.251 e. The highest BCUT2D eigenvalue weighted by Crippen LogP contribution is 2.12. The third-order valence-corrected chi connectivity index (χ3v) is 3.51. The summed E-state index contributed by atoms with van der Waals surface area (Å²) in [5.41, 5.74) is 0.642. The summed E-state index contributed by atoms with van der Waals surface area (Å²) >= 11 is 0. The second-order valence-corrected chi connectivity index (χ2v) is 5.28. The number of amides is 1. The van der Waals surface area contributed by atoms with Crippen LogP contribution in [0, 0.1) is 0 Å². The molecule has 0 aromatic heterocycles. The van der Waals surface area contributed by atoms with E-state index in [2.05, 4.69) is 5.32 Å². The van der Waals surface area contributed by atoms with Crippen LogP contribution in [0.2, 0.25) is 0 Å². The van der Waals surface area contributed by atoms with Gasteiger partial charge in [-0.15, -0.1) is 0 Å². The molecule has 1 aliphatic heterocycles. The zero-order valence-corrected chi connectivity index (χ0v) is 13.2. The van der Waals surface area contributed by atoms with E-state index in [1.807, 2.05) is 19.1 Å². The van der Waals surface area contributed by atoms with Crippen molar-refractivity contribution in [2.45, 2.75) is 32.3 Å². The molecule has 5 heteroatoms. The molecule has 0 aliphatic carbocycles. The van der Waals surface area contributed by atoms with Crippen LogP contribution < -0.4 is 10.1 Å². The van der Waals surface area contributed by atoms with E-state index in [-0.39, 0.29) is 12.0 Å². The van der Waals surface area contributed by atoms with Gasteiger partial charge in [-0.2, -0.15) is 0 Å². The first kappa shape index (κ1) is 16.8. The molecule has 122 valence electrons. The zero-order chi connectivity index (χ0) is 15.6. The molecule has 0 saturated carbocycles. The minimum Gasteiger partial charge on any atom is -0.494 e. The fraction of sp³-hybridized carbons (Fsp3) is 0.588. The van der Waals surface area contributed by atoms with Gasteiger partial charge in [-0.1, -0.05) is 0 Å². The van der Waals surface area contributed by atoms with E-state index < -0.39 is 0 Å². The van der Waals surface area contributed by atoms with Gasteiger partial charge in [-0.25, -0.2) is 0 Å². The predicted octanol–water partition coefficient (Wildman–Crippen LogP) is 2.40. The van der Waals surface area contributed by atoms with E-state index in [1.165, 1.54) is 0 Å². The molecule has 5 nitrogen and oxygen atoms in total. The second-order valence-electron chi connectivity index (χ2n) is 5.28. The van der Waals surface area contributed by atoms with Crippen molar-refractivity contribution in [2.24, 2.45) is 0 Å². The van der Waals surface area contributed by atoms with Crippen molar-refractivity contribution in [3.63, 3.8) is 0 Å². The number of ether oxygens (including phenoxy) is 3. The molecule has 1 aromatic carbocycles. The third-order valence-electron chi connectivity index (χ3n) is 3.51. The van der Waals surface area contributed by atoms with Gasteiger partial charge in [0.15, 0.2) is 0 Å². The molecule has 1 N–H and O–H groups in total. The minimum absolute atomic E-state index is 0.0674. The topological polar surface area (TPSA) is 56.8 Å². The van der Waals surface area contributed by atoms with Crippen molar-refractivity contribution in [1.82, 2.24) is 5.32 Å². The molecule has 0 bridgehead atoms. The van der Waals surface area contributed by atoms with Gasteiger partial charge in [-0.05, 0) is 50.5 Å². The standard InChI is InChI=1S/C17H25NO4/c1-2-21-15-8-6-14(7-9-15)17(19)18-10-4-11-20-13-16-5-3-12-22-16/h6-9,16H,2-5,10-13H2,1H3,(H,18,19). The maximum Gasteiger partial charge on any atom is 0.251 e. The molecule has 1 aromatic rings. The Labute approximate surface area is 131 Å². The predicted molar refractivity (Wildman–Crippen MR) is 84.4 cm³/mol. The highest BCUT2D eigenvalue weighted by Gasteiger charge is 2.14. The quantitative estimate of drug-likeness (QED) is 0.712. The number of nitrogens with one attached hydrogen (secondary N) is 1. The number of carbonyl (C=O) groups excluding carboxylic acids is 1. The van der Waals surface area contributed by atoms with Gasteiger partial charge in [-0.3, -0.25) is 4.79 Å². The SMILES string of the molecule is CCOc1ccc(C(=O)NCCCOCC2CCCO2)cc1. The molecular weight excluding hydrogens is 282 g/mol. The van der Waals surface area contributed by atoms with Crippen LogP contribution >= 0.6 is 0 Å². The summed E-state index contributed by atoms with van der Waals surface area (Å²) in [6.07, 6.45) is 3.29. The normalized spacial score (nSPS) is 17.4. The lowest BCUT2D eigenvalue weighted by Gasteiger charge is -2.10. The first-order valence-corrected chi connectivity index (χ1v) is 8.00. The van der Waals surface area contributed by atoms with E-state index in [0.717, 1.165) is 31.6 Å². The largest absolute Gasteiger partial charge is 0.494 e. The van der Waals surface area contributed by atoms with E-state index in [4.69, 9.17) is 14.2 Å². The van der Waals surface area contributed by atoms with Crippen LogP contribution in [0.25, 0.3) is 0 Å². The Balaban J connectivity index is 1.56. The van der Waals surface area contributed by atoms with E-state index in [0.29, 0.717) is 31.9 Å². The van der Waals surface area contributed by atoms with Crippen molar-refractivity contribution >= 4 is 5.91 Å². The van der Waals surface area contributed by atoms with Gasteiger partial charge in [0, 0.05) is 25.3 Å². The van der Waals surface area contributed by atoms with Crippen molar-refractivity contribution in [3.05, 3.63) is 29.8 Å². The van der Waals surface area contributed by atoms with Crippen molar-refractivity contribution in [3.8, 4) is 5.75 Å². The van der Waals surface area contributed by atoms with Crippen LogP contribution in [0.3, 0.4) is 0 Å². The Bertz CT molecular complexity index is 440. The van der Waals surface area contributed by atoms with Crippen LogP contribution in [-0.2, 0) is 9.47 Å². The summed E-state index contributed by atoms with van der Waals surface area (Å²) in [7, 11) is 0. The van der Waals surface area contributed by atoms with Gasteiger partial charge >= 0.3 is 0 Å². The number of hydrogen-bond acceptors (Lipinski definition) is 4. The fourth-order valence-corrected chi connectivity index (χ4v) is 2.34. The Hall–Kier alpha value is -1.59. The van der Waals surface area contributed by atoms with Crippen molar-refractivity contribution < 1.29 is 19.0 Å². The lowest BCUT2D eigenvalue weighted by atomic mass is 10.2. The molecular formula is C17H25NO4. The van der Waals surface area contributed by atoms with Gasteiger partial charge in [0.05, 0.1) is 19.3 Å². The average molecular weight is 307 g/mol. The molecule has 1 heterocycles. The van der Waals surface area contributed by atoms with Crippen molar-refractivity contribution in [1.29, 1.82) is 0 Å². The van der Waals surface area contributed by atoms with Crippen molar-refractivity contribution in [2.75, 3.05) is 33.0 Å². The summed E-state index contributed by atoms with van der Waals surface area (Å²) < 4.78 is 16.4. The zero-order valence-electron chi connectivity index (χ0n) is 13.2. The third kappa shape index (κ3) is 5.66. The number of carbonyl (C=O) groups is 1. The lowest BCUT2D eigenvalue weighted by molar-refractivity contribution is 0.0166. The van der Waals surface area contributed by atoms with Gasteiger partial charge < -0.3 is 19.5 Å². The van der Waals surface area contributed by atoms with Gasteiger partial charge in [0.25, 0.3) is 5.91 Å². The lowest BCUT2D eigenvalue weighted by Crippen LogP contribution is -2.25. The molecule has 1 fully saturated rings. The fourth-order valence-electron chi connectivity index (χ4n) is 2.34. The maximum absolute atomic E-state index is 11.9. The molecule has 1 aliphatic rings. The average Bonchev–Trinajstić information content (AvgIpc) is 3.05. The van der Waals surface area contributed by atoms with E-state index in [9.17, 15) is 4.79 Å². The first-order chi connectivity index (χ1) is 10.8. The highest BCUT2D eigenvalue weighted by atomic mass is 16.5. The summed E-state index contributed by atoms with van der Waals surface area (Å²) in [5.74, 6) is 0.712. The number of rotatable bonds is 9. The summed E-state index contributed by atoms with van der Waals surface area (Å²) in [6, 6.07) is 7.16. The monoisotopic (exact) mass is 307 g/mol. The minimum atomic E-state index is -0.0674. The first-order valence-electron chi connectivity index (χ1n) is 8.00. The maximum atomic E-state index is 11.9. The summed E-state index contributed by atoms with van der Waals surface area (Å²) in [5, 5.41) is 2.89. The Morgan fingerprint density at radius 2 is 2.18 bits per heavy atom. The van der Waals surface area contributed by atoms with E-state index >= 15 is 0 Å². The van der Waals surface area contributed by atoms with Crippen LogP contribution in [0.1, 0.15) is 36.5 Å². The van der Waals surface area contributed by atoms with Crippen LogP contribution in [0.4, 0.5) is 0 Å². The molecule has 2 rings (SSSR count). The van der Waals surface area contributed by atoms with Gasteiger partial charge in [0.1, 0.15) is 5.75 Å². The summed E-state index contributed by atoms with van der Waals surface area (Å²) in [6.45, 7) is 5.32. The molecule has 1 unspecified atom stereocenters. The second kappa shape index (κ2) is 9.43. The molecule has 1 saturated heterocycles. The van der Waals surface area contributed by atoms with Crippen LogP contribution in [0.15, 0.2) is 24.3 Å². The Morgan fingerprint density at radius 1 is 1.36 bits per heavy atom. The number of benzene rings is 1. The molecule has 0 spiro atoms. The Kier molecular flexibility index (Phi) is 7.19. The molecule has 1 amide bonds. The highest BCUT2D eigenvalue weighted by molar-refractivity contribution is 5.94. The molecule has 1 atom stereocenters. The Morgan fingerprint density at radius 3 is 2.86 bits per heavy atom. The molecule has 0 radical (unpaired) electrons. The van der Waals surface area contributed by atoms with Gasteiger partial charge in [0.2, 0.25) is 0 Å². The summed E-state index contributed by atoms with van der Waals surface area (Å²) in [4.78, 5) is 11.9. The van der Waals surface area contributed by atoms with E-state index in [1.54, 1.807) is 12.1 Å². The number of hydrogen-bond donors (Lipinski definition) is 1. The molecule has 22 heavy (non-hydrogen) atoms. The van der Waals surface area contributed by atoms with Crippen LogP contribution in [0.5, 0.6) is 5.75 Å². The van der Waals surface area contributed by atoms with Crippen LogP contribution in [-0.4, -0.2) is 45.0 Å².